The highest BCUT2D eigenvalue weighted by atomic mass is 79.9. The first-order valence-electron chi connectivity index (χ1n) is 12.1. The van der Waals surface area contributed by atoms with E-state index in [4.69, 9.17) is 4.74 Å². The number of hydrogen-bond acceptors (Lipinski definition) is 5. The highest BCUT2D eigenvalue weighted by molar-refractivity contribution is 9.10. The summed E-state index contributed by atoms with van der Waals surface area (Å²) >= 11 is 3.41. The molecule has 0 saturated heterocycles. The van der Waals surface area contributed by atoms with Crippen LogP contribution in [0.1, 0.15) is 45.1 Å². The average molecular weight is 581 g/mol. The summed E-state index contributed by atoms with van der Waals surface area (Å²) in [6, 6.07) is 13.3. The van der Waals surface area contributed by atoms with Gasteiger partial charge in [0.25, 0.3) is 0 Å². The molecule has 1 saturated carbocycles. The third kappa shape index (κ3) is 7.70. The number of sulfonamides is 1. The van der Waals surface area contributed by atoms with Gasteiger partial charge < -0.3 is 15.0 Å². The number of carbonyl (C=O) groups is 2. The number of halogens is 1. The van der Waals surface area contributed by atoms with Crippen molar-refractivity contribution < 1.29 is 22.7 Å². The number of rotatable bonds is 11. The molecular formula is C26H34BrN3O5S. The molecule has 2 amide bonds. The molecule has 1 aliphatic carbocycles. The number of nitrogens with one attached hydrogen (secondary N) is 1. The number of hydrogen-bond donors (Lipinski definition) is 1. The van der Waals surface area contributed by atoms with Gasteiger partial charge in [-0.1, -0.05) is 40.9 Å². The Kier molecular flexibility index (Phi) is 9.78. The van der Waals surface area contributed by atoms with E-state index in [9.17, 15) is 18.0 Å². The van der Waals surface area contributed by atoms with Gasteiger partial charge in [-0.2, -0.15) is 0 Å². The molecule has 196 valence electrons. The van der Waals surface area contributed by atoms with E-state index in [0.29, 0.717) is 18.0 Å². The molecular weight excluding hydrogens is 546 g/mol. The molecule has 2 aromatic rings. The molecule has 0 aromatic heterocycles. The van der Waals surface area contributed by atoms with E-state index in [1.807, 2.05) is 31.2 Å². The van der Waals surface area contributed by atoms with E-state index in [1.165, 1.54) is 4.90 Å². The van der Waals surface area contributed by atoms with Gasteiger partial charge in [-0.15, -0.1) is 0 Å². The molecule has 0 radical (unpaired) electrons. The van der Waals surface area contributed by atoms with Gasteiger partial charge in [0.05, 0.1) is 18.6 Å². The lowest BCUT2D eigenvalue weighted by molar-refractivity contribution is -0.139. The summed E-state index contributed by atoms with van der Waals surface area (Å²) in [6.45, 7) is 3.78. The molecule has 0 unspecified atom stereocenters. The van der Waals surface area contributed by atoms with Gasteiger partial charge in [-0.05, 0) is 68.7 Å². The van der Waals surface area contributed by atoms with Crippen LogP contribution in [0.3, 0.4) is 0 Å². The molecule has 8 nitrogen and oxygen atoms in total. The molecule has 10 heteroatoms. The third-order valence-electron chi connectivity index (χ3n) is 6.25. The molecule has 36 heavy (non-hydrogen) atoms. The second-order valence-electron chi connectivity index (χ2n) is 9.01. The lowest BCUT2D eigenvalue weighted by Gasteiger charge is -2.32. The molecule has 0 heterocycles. The second kappa shape index (κ2) is 12.6. The van der Waals surface area contributed by atoms with Crippen molar-refractivity contribution in [3.05, 3.63) is 58.6 Å². The van der Waals surface area contributed by atoms with Gasteiger partial charge in [0.1, 0.15) is 18.3 Å². The maximum absolute atomic E-state index is 13.6. The minimum Gasteiger partial charge on any atom is -0.494 e. The Morgan fingerprint density at radius 2 is 1.69 bits per heavy atom. The van der Waals surface area contributed by atoms with Crippen LogP contribution in [-0.4, -0.2) is 56.6 Å². The number of carbonyl (C=O) groups excluding carboxylic acids is 2. The first kappa shape index (κ1) is 28.0. The fourth-order valence-electron chi connectivity index (χ4n) is 4.25. The minimum atomic E-state index is -3.78. The average Bonchev–Trinajstić information content (AvgIpc) is 3.35. The zero-order valence-corrected chi connectivity index (χ0v) is 23.3. The third-order valence-corrected chi connectivity index (χ3v) is 7.92. The van der Waals surface area contributed by atoms with Crippen LogP contribution in [0.4, 0.5) is 5.69 Å². The number of anilines is 1. The van der Waals surface area contributed by atoms with Crippen molar-refractivity contribution >= 4 is 43.5 Å². The summed E-state index contributed by atoms with van der Waals surface area (Å²) in [4.78, 5) is 28.1. The standard InChI is InChI=1S/C26H34BrN3O5S/c1-4-35-24-15-13-23(14-16-24)30(36(3,33)34)18-25(31)29(17-20-9-11-21(27)12-10-20)19(2)26(32)28-22-7-5-6-8-22/h9-16,19,22H,4-8,17-18H2,1-3H3,(H,28,32)/t19-/m1/s1. The van der Waals surface area contributed by atoms with E-state index in [1.54, 1.807) is 31.2 Å². The van der Waals surface area contributed by atoms with Gasteiger partial charge in [0.2, 0.25) is 21.8 Å². The number of amides is 2. The quantitative estimate of drug-likeness (QED) is 0.432. The zero-order chi connectivity index (χ0) is 26.3. The van der Waals surface area contributed by atoms with Crippen LogP contribution in [0.25, 0.3) is 0 Å². The SMILES string of the molecule is CCOc1ccc(N(CC(=O)N(Cc2ccc(Br)cc2)[C@H](C)C(=O)NC2CCCC2)S(C)(=O)=O)cc1. The molecule has 3 rings (SSSR count). The van der Waals surface area contributed by atoms with Crippen LogP contribution in [0.5, 0.6) is 5.75 Å². The van der Waals surface area contributed by atoms with Crippen molar-refractivity contribution in [2.45, 2.75) is 58.2 Å². The highest BCUT2D eigenvalue weighted by Gasteiger charge is 2.31. The summed E-state index contributed by atoms with van der Waals surface area (Å²) < 4.78 is 32.7. The zero-order valence-electron chi connectivity index (χ0n) is 20.9. The topological polar surface area (TPSA) is 96.0 Å². The van der Waals surface area contributed by atoms with Gasteiger partial charge in [0, 0.05) is 17.1 Å². The summed E-state index contributed by atoms with van der Waals surface area (Å²) in [6.07, 6.45) is 5.07. The molecule has 0 aliphatic heterocycles. The van der Waals surface area contributed by atoms with E-state index >= 15 is 0 Å². The Morgan fingerprint density at radius 3 is 2.25 bits per heavy atom. The van der Waals surface area contributed by atoms with Gasteiger partial charge in [-0.25, -0.2) is 8.42 Å². The molecule has 1 N–H and O–H groups in total. The first-order chi connectivity index (χ1) is 17.1. The predicted molar refractivity (Wildman–Crippen MR) is 144 cm³/mol. The van der Waals surface area contributed by atoms with Crippen molar-refractivity contribution in [2.75, 3.05) is 23.7 Å². The van der Waals surface area contributed by atoms with Crippen LogP contribution in [-0.2, 0) is 26.2 Å². The van der Waals surface area contributed by atoms with Crippen LogP contribution < -0.4 is 14.4 Å². The Balaban J connectivity index is 1.85. The Labute approximate surface area is 222 Å². The smallest absolute Gasteiger partial charge is 0.244 e. The van der Waals surface area contributed by atoms with Crippen molar-refractivity contribution in [1.82, 2.24) is 10.2 Å². The lowest BCUT2D eigenvalue weighted by Crippen LogP contribution is -2.52. The Bertz CT molecular complexity index is 1130. The van der Waals surface area contributed by atoms with E-state index in [-0.39, 0.29) is 18.5 Å². The van der Waals surface area contributed by atoms with E-state index in [2.05, 4.69) is 21.2 Å². The summed E-state index contributed by atoms with van der Waals surface area (Å²) in [7, 11) is -3.78. The van der Waals surface area contributed by atoms with Crippen LogP contribution in [0.2, 0.25) is 0 Å². The van der Waals surface area contributed by atoms with Crippen molar-refractivity contribution in [3.8, 4) is 5.75 Å². The van der Waals surface area contributed by atoms with Crippen LogP contribution in [0, 0.1) is 0 Å². The lowest BCUT2D eigenvalue weighted by atomic mass is 10.1. The normalized spacial score (nSPS) is 14.8. The molecule has 0 bridgehead atoms. The highest BCUT2D eigenvalue weighted by Crippen LogP contribution is 2.23. The number of ether oxygens (including phenoxy) is 1. The van der Waals surface area contributed by atoms with Gasteiger partial charge in [-0.3, -0.25) is 13.9 Å². The van der Waals surface area contributed by atoms with Gasteiger partial charge in [0.15, 0.2) is 0 Å². The van der Waals surface area contributed by atoms with Gasteiger partial charge >= 0.3 is 0 Å². The van der Waals surface area contributed by atoms with Crippen LogP contribution >= 0.6 is 15.9 Å². The Morgan fingerprint density at radius 1 is 1.08 bits per heavy atom. The van der Waals surface area contributed by atoms with Crippen molar-refractivity contribution in [3.63, 3.8) is 0 Å². The maximum atomic E-state index is 13.6. The number of nitrogens with zero attached hydrogens (tertiary/aromatic N) is 2. The second-order valence-corrected chi connectivity index (χ2v) is 11.8. The fraction of sp³-hybridized carbons (Fsp3) is 0.462. The van der Waals surface area contributed by atoms with Crippen molar-refractivity contribution in [2.24, 2.45) is 0 Å². The van der Waals surface area contributed by atoms with Crippen molar-refractivity contribution in [1.29, 1.82) is 0 Å². The first-order valence-corrected chi connectivity index (χ1v) is 14.8. The molecule has 1 atom stereocenters. The minimum absolute atomic E-state index is 0.112. The van der Waals surface area contributed by atoms with Crippen LogP contribution in [0.15, 0.2) is 53.0 Å². The monoisotopic (exact) mass is 579 g/mol. The molecule has 1 fully saturated rings. The number of benzene rings is 2. The van der Waals surface area contributed by atoms with E-state index < -0.39 is 28.5 Å². The Hall–Kier alpha value is -2.59. The predicted octanol–water partition coefficient (Wildman–Crippen LogP) is 4.09. The molecule has 2 aromatic carbocycles. The molecule has 0 spiro atoms. The summed E-state index contributed by atoms with van der Waals surface area (Å²) in [5.41, 5.74) is 1.18. The summed E-state index contributed by atoms with van der Waals surface area (Å²) in [5, 5.41) is 3.06. The molecule has 1 aliphatic rings. The maximum Gasteiger partial charge on any atom is 0.244 e. The van der Waals surface area contributed by atoms with E-state index in [0.717, 1.165) is 46.3 Å². The summed E-state index contributed by atoms with van der Waals surface area (Å²) in [5.74, 6) is -0.0965. The fourth-order valence-corrected chi connectivity index (χ4v) is 5.36. The largest absolute Gasteiger partial charge is 0.494 e.